The summed E-state index contributed by atoms with van der Waals surface area (Å²) in [5.41, 5.74) is -0.119. The minimum absolute atomic E-state index is 0. The van der Waals surface area contributed by atoms with Crippen LogP contribution in [0.2, 0.25) is 0 Å². The summed E-state index contributed by atoms with van der Waals surface area (Å²) in [5, 5.41) is 0. The second kappa shape index (κ2) is 7.36. The Morgan fingerprint density at radius 1 is 1.05 bits per heavy atom. The van der Waals surface area contributed by atoms with Crippen molar-refractivity contribution in [3.8, 4) is 0 Å². The van der Waals surface area contributed by atoms with Gasteiger partial charge in [-0.05, 0) is 68.6 Å². The molecule has 5 unspecified atom stereocenters. The first-order chi connectivity index (χ1) is 9.56. The topological polar surface area (TPSA) is 26.3 Å². The average molecular weight is 311 g/mol. The lowest BCUT2D eigenvalue weighted by atomic mass is 9.75. The van der Waals surface area contributed by atoms with Crippen molar-refractivity contribution in [2.45, 2.75) is 92.6 Å². The molecule has 0 aliphatic heterocycles. The van der Waals surface area contributed by atoms with Crippen molar-refractivity contribution < 1.29 is 9.53 Å². The van der Waals surface area contributed by atoms with Crippen molar-refractivity contribution >= 4 is 5.97 Å². The third-order valence-corrected chi connectivity index (χ3v) is 6.93. The Morgan fingerprint density at radius 2 is 1.68 bits per heavy atom. The largest absolute Gasteiger partial charge is 0.459 e. The zero-order chi connectivity index (χ0) is 14.3. The Labute approximate surface area is 138 Å². The maximum atomic E-state index is 12.7. The molecule has 0 N–H and O–H groups in total. The van der Waals surface area contributed by atoms with Crippen molar-refractivity contribution in [1.29, 1.82) is 0 Å². The van der Waals surface area contributed by atoms with Gasteiger partial charge in [-0.1, -0.05) is 42.0 Å². The Kier molecular flexibility index (Phi) is 6.53. The summed E-state index contributed by atoms with van der Waals surface area (Å²) < 4.78 is 6.11. The minimum Gasteiger partial charge on any atom is -0.459 e. The van der Waals surface area contributed by atoms with Gasteiger partial charge in [0.25, 0.3) is 0 Å². The van der Waals surface area contributed by atoms with E-state index in [0.29, 0.717) is 11.8 Å². The van der Waals surface area contributed by atoms with Crippen molar-refractivity contribution in [2.24, 2.45) is 29.6 Å². The van der Waals surface area contributed by atoms with Crippen LogP contribution in [0, 0.1) is 29.6 Å². The van der Waals surface area contributed by atoms with Gasteiger partial charge in [-0.15, -0.1) is 0 Å². The SMILES string of the molecule is C.C.CCC1(OC(=O)C2CC3CC2C(C)C3C)CCCCC1. The lowest BCUT2D eigenvalue weighted by molar-refractivity contribution is -0.172. The molecular weight excluding hydrogens is 272 g/mol. The van der Waals surface area contributed by atoms with Gasteiger partial charge in [0.1, 0.15) is 5.60 Å². The van der Waals surface area contributed by atoms with Crippen LogP contribution in [0.5, 0.6) is 0 Å². The number of hydrogen-bond acceptors (Lipinski definition) is 2. The molecule has 2 heteroatoms. The standard InChI is InChI=1S/C18H30O2.2CH4/c1-4-18(8-6-5-7-9-18)20-17(19)16-11-14-10-15(16)13(3)12(14)2;;/h12-16H,4-11H2,1-3H3;2*1H4. The van der Waals surface area contributed by atoms with Gasteiger partial charge >= 0.3 is 5.97 Å². The summed E-state index contributed by atoms with van der Waals surface area (Å²) in [6.07, 6.45) is 9.28. The molecule has 0 radical (unpaired) electrons. The lowest BCUT2D eigenvalue weighted by Crippen LogP contribution is -2.40. The zero-order valence-corrected chi connectivity index (χ0v) is 13.4. The molecule has 3 fully saturated rings. The lowest BCUT2D eigenvalue weighted by Gasteiger charge is -2.38. The fraction of sp³-hybridized carbons (Fsp3) is 0.950. The first kappa shape index (κ1) is 19.5. The predicted octanol–water partition coefficient (Wildman–Crippen LogP) is 5.84. The van der Waals surface area contributed by atoms with Crippen molar-refractivity contribution in [2.75, 3.05) is 0 Å². The van der Waals surface area contributed by atoms with Crippen LogP contribution in [0.25, 0.3) is 0 Å². The second-order valence-corrected chi connectivity index (χ2v) is 7.74. The molecule has 3 saturated carbocycles. The van der Waals surface area contributed by atoms with Crippen LogP contribution < -0.4 is 0 Å². The molecular formula is C20H38O2. The summed E-state index contributed by atoms with van der Waals surface area (Å²) in [5.74, 6) is 3.22. The summed E-state index contributed by atoms with van der Waals surface area (Å²) in [4.78, 5) is 12.7. The molecule has 22 heavy (non-hydrogen) atoms. The van der Waals surface area contributed by atoms with E-state index in [9.17, 15) is 4.79 Å². The van der Waals surface area contributed by atoms with Crippen molar-refractivity contribution in [1.82, 2.24) is 0 Å². The molecule has 0 aromatic carbocycles. The average Bonchev–Trinajstić information content (AvgIpc) is 3.01. The Morgan fingerprint density at radius 3 is 2.18 bits per heavy atom. The van der Waals surface area contributed by atoms with Crippen LogP contribution in [0.4, 0.5) is 0 Å². The van der Waals surface area contributed by atoms with Gasteiger partial charge in [0.15, 0.2) is 0 Å². The maximum absolute atomic E-state index is 12.7. The minimum atomic E-state index is -0.119. The van der Waals surface area contributed by atoms with Gasteiger partial charge in [-0.25, -0.2) is 0 Å². The van der Waals surface area contributed by atoms with Crippen LogP contribution >= 0.6 is 0 Å². The summed E-state index contributed by atoms with van der Waals surface area (Å²) in [7, 11) is 0. The number of fused-ring (bicyclic) bond motifs is 2. The van der Waals surface area contributed by atoms with Crippen LogP contribution in [0.1, 0.15) is 87.0 Å². The second-order valence-electron chi connectivity index (χ2n) is 7.74. The Bertz CT molecular complexity index is 368. The van der Waals surface area contributed by atoms with Crippen LogP contribution in [-0.4, -0.2) is 11.6 Å². The molecule has 0 spiro atoms. The number of carbonyl (C=O) groups excluding carboxylic acids is 1. The monoisotopic (exact) mass is 310 g/mol. The van der Waals surface area contributed by atoms with Gasteiger partial charge in [0.05, 0.1) is 5.92 Å². The van der Waals surface area contributed by atoms with Gasteiger partial charge in [0.2, 0.25) is 0 Å². The van der Waals surface area contributed by atoms with E-state index in [1.54, 1.807) is 0 Å². The molecule has 0 heterocycles. The van der Waals surface area contributed by atoms with E-state index in [-0.39, 0.29) is 32.3 Å². The number of ether oxygens (including phenoxy) is 1. The normalized spacial score (nSPS) is 38.8. The maximum Gasteiger partial charge on any atom is 0.309 e. The number of esters is 1. The molecule has 3 aliphatic carbocycles. The fourth-order valence-corrected chi connectivity index (χ4v) is 5.22. The number of carbonyl (C=O) groups is 1. The van der Waals surface area contributed by atoms with E-state index in [1.807, 2.05) is 0 Å². The van der Waals surface area contributed by atoms with E-state index in [0.717, 1.165) is 37.5 Å². The molecule has 3 aliphatic rings. The highest BCUT2D eigenvalue weighted by Gasteiger charge is 2.52. The molecule has 0 aromatic rings. The third kappa shape index (κ3) is 3.21. The quantitative estimate of drug-likeness (QED) is 0.612. The number of rotatable bonds is 3. The smallest absolute Gasteiger partial charge is 0.309 e. The first-order valence-electron chi connectivity index (χ1n) is 8.79. The van der Waals surface area contributed by atoms with Crippen molar-refractivity contribution in [3.63, 3.8) is 0 Å². The highest BCUT2D eigenvalue weighted by Crippen LogP contribution is 2.55. The van der Waals surface area contributed by atoms with Gasteiger partial charge in [-0.3, -0.25) is 4.79 Å². The molecule has 5 atom stereocenters. The molecule has 2 nitrogen and oxygen atoms in total. The van der Waals surface area contributed by atoms with Crippen LogP contribution in [-0.2, 0) is 9.53 Å². The molecule has 0 saturated heterocycles. The van der Waals surface area contributed by atoms with E-state index in [4.69, 9.17) is 4.74 Å². The summed E-state index contributed by atoms with van der Waals surface area (Å²) >= 11 is 0. The molecule has 3 rings (SSSR count). The Balaban J connectivity index is 0.00000121. The predicted molar refractivity (Wildman–Crippen MR) is 93.7 cm³/mol. The Hall–Kier alpha value is -0.530. The molecule has 0 aromatic heterocycles. The zero-order valence-electron chi connectivity index (χ0n) is 13.4. The fourth-order valence-electron chi connectivity index (χ4n) is 5.22. The van der Waals surface area contributed by atoms with Gasteiger partial charge < -0.3 is 4.74 Å². The summed E-state index contributed by atoms with van der Waals surface area (Å²) in [6, 6.07) is 0. The van der Waals surface area contributed by atoms with Crippen molar-refractivity contribution in [3.05, 3.63) is 0 Å². The number of hydrogen-bond donors (Lipinski definition) is 0. The van der Waals surface area contributed by atoms with E-state index >= 15 is 0 Å². The third-order valence-electron chi connectivity index (χ3n) is 6.93. The highest BCUT2D eigenvalue weighted by molar-refractivity contribution is 5.74. The first-order valence-corrected chi connectivity index (χ1v) is 8.79. The van der Waals surface area contributed by atoms with Gasteiger partial charge in [-0.2, -0.15) is 0 Å². The van der Waals surface area contributed by atoms with Crippen LogP contribution in [0.15, 0.2) is 0 Å². The van der Waals surface area contributed by atoms with Crippen LogP contribution in [0.3, 0.4) is 0 Å². The van der Waals surface area contributed by atoms with E-state index in [1.165, 1.54) is 25.7 Å². The molecule has 2 bridgehead atoms. The summed E-state index contributed by atoms with van der Waals surface area (Å²) in [6.45, 7) is 6.89. The highest BCUT2D eigenvalue weighted by atomic mass is 16.6. The molecule has 130 valence electrons. The molecule has 0 amide bonds. The van der Waals surface area contributed by atoms with E-state index in [2.05, 4.69) is 20.8 Å². The van der Waals surface area contributed by atoms with E-state index < -0.39 is 0 Å². The van der Waals surface area contributed by atoms with Gasteiger partial charge in [0, 0.05) is 0 Å².